The van der Waals surface area contributed by atoms with Crippen LogP contribution < -0.4 is 5.56 Å². The number of nitrogens with one attached hydrogen (secondary N) is 1. The maximum absolute atomic E-state index is 11.4. The predicted molar refractivity (Wildman–Crippen MR) is 65.4 cm³/mol. The van der Waals surface area contributed by atoms with Gasteiger partial charge in [0.05, 0.1) is 11.4 Å². The van der Waals surface area contributed by atoms with Crippen LogP contribution in [0.4, 0.5) is 0 Å². The highest BCUT2D eigenvalue weighted by atomic mass is 32.2. The van der Waals surface area contributed by atoms with Gasteiger partial charge in [0.2, 0.25) is 0 Å². The molecule has 0 aliphatic carbocycles. The van der Waals surface area contributed by atoms with Crippen LogP contribution in [0.15, 0.2) is 10.9 Å². The molecule has 0 radical (unpaired) electrons. The average molecular weight is 226 g/mol. The van der Waals surface area contributed by atoms with Gasteiger partial charge in [-0.2, -0.15) is 11.8 Å². The molecule has 0 atom stereocenters. The van der Waals surface area contributed by atoms with E-state index < -0.39 is 0 Å². The lowest BCUT2D eigenvalue weighted by atomic mass is 10.1. The number of aromatic nitrogens is 2. The van der Waals surface area contributed by atoms with Gasteiger partial charge in [0.15, 0.2) is 0 Å². The maximum atomic E-state index is 11.4. The minimum absolute atomic E-state index is 0.0481. The molecule has 0 aliphatic rings. The summed E-state index contributed by atoms with van der Waals surface area (Å²) in [6, 6.07) is 1.58. The Morgan fingerprint density at radius 1 is 1.40 bits per heavy atom. The molecule has 0 aromatic carbocycles. The minimum Gasteiger partial charge on any atom is -0.310 e. The lowest BCUT2D eigenvalue weighted by Gasteiger charge is -2.07. The van der Waals surface area contributed by atoms with Crippen LogP contribution in [-0.4, -0.2) is 15.2 Å². The molecule has 0 fully saturated rings. The Kier molecular flexibility index (Phi) is 4.39. The van der Waals surface area contributed by atoms with Crippen molar-refractivity contribution >= 4 is 11.8 Å². The van der Waals surface area contributed by atoms with Crippen LogP contribution in [0.25, 0.3) is 0 Å². The molecule has 0 spiro atoms. The molecule has 1 aromatic rings. The van der Waals surface area contributed by atoms with E-state index in [0.717, 1.165) is 17.3 Å². The Labute approximate surface area is 94.7 Å². The summed E-state index contributed by atoms with van der Waals surface area (Å²) < 4.78 is 0. The topological polar surface area (TPSA) is 45.8 Å². The zero-order valence-electron chi connectivity index (χ0n) is 9.70. The third-order valence-electron chi connectivity index (χ3n) is 1.96. The van der Waals surface area contributed by atoms with E-state index >= 15 is 0 Å². The summed E-state index contributed by atoms with van der Waals surface area (Å²) in [5, 5.41) is 0.554. The number of hydrogen-bond acceptors (Lipinski definition) is 3. The lowest BCUT2D eigenvalue weighted by molar-refractivity contribution is 0.792. The van der Waals surface area contributed by atoms with E-state index in [1.54, 1.807) is 17.8 Å². The molecule has 0 saturated carbocycles. The van der Waals surface area contributed by atoms with E-state index in [1.807, 2.05) is 13.8 Å². The van der Waals surface area contributed by atoms with Crippen molar-refractivity contribution in [2.24, 2.45) is 0 Å². The monoisotopic (exact) mass is 226 g/mol. The standard InChI is InChI=1S/C11H18N2OS/c1-7(2)9-5-11(14)13-10(12-9)6-15-8(3)4/h5,7-8H,6H2,1-4H3,(H,12,13,14). The van der Waals surface area contributed by atoms with Crippen molar-refractivity contribution < 1.29 is 0 Å². The summed E-state index contributed by atoms with van der Waals surface area (Å²) in [6.07, 6.45) is 0. The van der Waals surface area contributed by atoms with Gasteiger partial charge in [0.1, 0.15) is 5.82 Å². The van der Waals surface area contributed by atoms with Gasteiger partial charge in [-0.1, -0.05) is 27.7 Å². The second-order valence-corrected chi connectivity index (χ2v) is 5.70. The van der Waals surface area contributed by atoms with Crippen molar-refractivity contribution in [3.8, 4) is 0 Å². The van der Waals surface area contributed by atoms with E-state index in [9.17, 15) is 4.79 Å². The molecule has 0 amide bonds. The Hall–Kier alpha value is -0.770. The molecule has 1 rings (SSSR count). The van der Waals surface area contributed by atoms with Crippen molar-refractivity contribution in [1.82, 2.24) is 9.97 Å². The van der Waals surface area contributed by atoms with Crippen LogP contribution >= 0.6 is 11.8 Å². The van der Waals surface area contributed by atoms with E-state index in [4.69, 9.17) is 0 Å². The normalized spacial score (nSPS) is 11.3. The highest BCUT2D eigenvalue weighted by Crippen LogP contribution is 2.15. The zero-order chi connectivity index (χ0) is 11.4. The first-order valence-corrected chi connectivity index (χ1v) is 6.25. The van der Waals surface area contributed by atoms with Crippen LogP contribution in [-0.2, 0) is 5.75 Å². The van der Waals surface area contributed by atoms with Crippen molar-refractivity contribution in [2.75, 3.05) is 0 Å². The second kappa shape index (κ2) is 5.35. The quantitative estimate of drug-likeness (QED) is 0.858. The molecule has 0 bridgehead atoms. The SMILES string of the molecule is CC(C)SCc1nc(C(C)C)cc(=O)[nH]1. The molecule has 3 nitrogen and oxygen atoms in total. The fourth-order valence-corrected chi connectivity index (χ4v) is 1.77. The summed E-state index contributed by atoms with van der Waals surface area (Å²) in [4.78, 5) is 18.6. The summed E-state index contributed by atoms with van der Waals surface area (Å²) in [7, 11) is 0. The third kappa shape index (κ3) is 4.08. The number of H-pyrrole nitrogens is 1. The number of nitrogens with zero attached hydrogens (tertiary/aromatic N) is 1. The Balaban J connectivity index is 2.84. The van der Waals surface area contributed by atoms with Gasteiger partial charge >= 0.3 is 0 Å². The fraction of sp³-hybridized carbons (Fsp3) is 0.636. The average Bonchev–Trinajstić information content (AvgIpc) is 2.13. The highest BCUT2D eigenvalue weighted by Gasteiger charge is 2.05. The molecule has 1 N–H and O–H groups in total. The molecule has 1 heterocycles. The molecule has 0 unspecified atom stereocenters. The van der Waals surface area contributed by atoms with Crippen molar-refractivity contribution in [3.05, 3.63) is 27.9 Å². The van der Waals surface area contributed by atoms with Gasteiger partial charge in [-0.05, 0) is 11.2 Å². The second-order valence-electron chi connectivity index (χ2n) is 4.13. The van der Waals surface area contributed by atoms with Gasteiger partial charge in [-0.15, -0.1) is 0 Å². The van der Waals surface area contributed by atoms with Gasteiger partial charge in [-0.3, -0.25) is 4.79 Å². The molecule has 0 aliphatic heterocycles. The first-order chi connectivity index (χ1) is 6.99. The number of thioether (sulfide) groups is 1. The van der Waals surface area contributed by atoms with Crippen molar-refractivity contribution in [3.63, 3.8) is 0 Å². The molecule has 15 heavy (non-hydrogen) atoms. The van der Waals surface area contributed by atoms with Crippen LogP contribution in [0.3, 0.4) is 0 Å². The Bertz CT molecular complexity index is 371. The smallest absolute Gasteiger partial charge is 0.251 e. The van der Waals surface area contributed by atoms with Gasteiger partial charge in [0.25, 0.3) is 5.56 Å². The van der Waals surface area contributed by atoms with Crippen LogP contribution in [0.5, 0.6) is 0 Å². The number of rotatable bonds is 4. The summed E-state index contributed by atoms with van der Waals surface area (Å²) in [5.41, 5.74) is 0.825. The highest BCUT2D eigenvalue weighted by molar-refractivity contribution is 7.99. The van der Waals surface area contributed by atoms with Gasteiger partial charge in [0, 0.05) is 6.07 Å². The first-order valence-electron chi connectivity index (χ1n) is 5.20. The van der Waals surface area contributed by atoms with Crippen LogP contribution in [0.1, 0.15) is 45.1 Å². The molecule has 0 saturated heterocycles. The van der Waals surface area contributed by atoms with Crippen LogP contribution in [0, 0.1) is 0 Å². The zero-order valence-corrected chi connectivity index (χ0v) is 10.5. The van der Waals surface area contributed by atoms with E-state index in [0.29, 0.717) is 11.2 Å². The Morgan fingerprint density at radius 3 is 2.60 bits per heavy atom. The van der Waals surface area contributed by atoms with E-state index in [2.05, 4.69) is 23.8 Å². The third-order valence-corrected chi connectivity index (χ3v) is 3.06. The predicted octanol–water partition coefficient (Wildman–Crippen LogP) is 2.53. The maximum Gasteiger partial charge on any atom is 0.251 e. The first kappa shape index (κ1) is 12.3. The number of aromatic amines is 1. The van der Waals surface area contributed by atoms with E-state index in [1.165, 1.54) is 0 Å². The lowest BCUT2D eigenvalue weighted by Crippen LogP contribution is -2.13. The molecule has 1 aromatic heterocycles. The van der Waals surface area contributed by atoms with E-state index in [-0.39, 0.29) is 5.56 Å². The molecular weight excluding hydrogens is 208 g/mol. The summed E-state index contributed by atoms with van der Waals surface area (Å²) in [6.45, 7) is 8.35. The molecule has 84 valence electrons. The molecular formula is C11H18N2OS. The minimum atomic E-state index is -0.0481. The summed E-state index contributed by atoms with van der Waals surface area (Å²) in [5.74, 6) is 1.85. The van der Waals surface area contributed by atoms with Gasteiger partial charge in [-0.25, -0.2) is 4.98 Å². The fourth-order valence-electron chi connectivity index (χ4n) is 1.14. The van der Waals surface area contributed by atoms with Crippen LogP contribution in [0.2, 0.25) is 0 Å². The van der Waals surface area contributed by atoms with Crippen molar-refractivity contribution in [1.29, 1.82) is 0 Å². The van der Waals surface area contributed by atoms with Gasteiger partial charge < -0.3 is 4.98 Å². The van der Waals surface area contributed by atoms with Crippen molar-refractivity contribution in [2.45, 2.75) is 44.6 Å². The number of hydrogen-bond donors (Lipinski definition) is 1. The largest absolute Gasteiger partial charge is 0.310 e. The summed E-state index contributed by atoms with van der Waals surface area (Å²) >= 11 is 1.78. The Morgan fingerprint density at radius 2 is 2.07 bits per heavy atom. The molecule has 4 heteroatoms.